The van der Waals surface area contributed by atoms with Crippen molar-refractivity contribution in [1.82, 2.24) is 29.8 Å². The minimum Gasteiger partial charge on any atom is -0.487 e. The molecule has 3 aromatic rings. The van der Waals surface area contributed by atoms with E-state index < -0.39 is 5.92 Å². The van der Waals surface area contributed by atoms with Gasteiger partial charge in [0.1, 0.15) is 18.2 Å². The van der Waals surface area contributed by atoms with E-state index in [1.54, 1.807) is 28.7 Å². The third kappa shape index (κ3) is 4.58. The van der Waals surface area contributed by atoms with Gasteiger partial charge in [-0.3, -0.25) is 0 Å². The van der Waals surface area contributed by atoms with Gasteiger partial charge in [-0.1, -0.05) is 5.21 Å². The summed E-state index contributed by atoms with van der Waals surface area (Å²) in [5.74, 6) is -0.793. The van der Waals surface area contributed by atoms with Crippen LogP contribution in [0.15, 0.2) is 24.4 Å². The van der Waals surface area contributed by atoms with Gasteiger partial charge < -0.3 is 10.1 Å². The standard InChI is InChI=1S/C20H25F2N7O/c1-13-8-14(2)29(26-13)19-10-17(30-12-16-11-23-27-28(16)3)9-18(25-19)24-15-4-6-20(21,22)7-5-15/h8-11,15H,4-7,12H2,1-3H3,(H,24,25). The minimum absolute atomic E-state index is 0.0537. The molecule has 8 nitrogen and oxygen atoms in total. The van der Waals surface area contributed by atoms with Gasteiger partial charge in [0.05, 0.1) is 17.6 Å². The maximum atomic E-state index is 13.5. The number of alkyl halides is 2. The number of aryl methyl sites for hydroxylation is 3. The van der Waals surface area contributed by atoms with Crippen molar-refractivity contribution in [3.63, 3.8) is 0 Å². The van der Waals surface area contributed by atoms with Crippen LogP contribution in [0.2, 0.25) is 0 Å². The molecule has 10 heteroatoms. The smallest absolute Gasteiger partial charge is 0.248 e. The maximum Gasteiger partial charge on any atom is 0.248 e. The van der Waals surface area contributed by atoms with Gasteiger partial charge in [-0.05, 0) is 32.8 Å². The summed E-state index contributed by atoms with van der Waals surface area (Å²) in [6, 6.07) is 5.50. The Morgan fingerprint density at radius 1 is 1.20 bits per heavy atom. The van der Waals surface area contributed by atoms with Gasteiger partial charge in [0, 0.05) is 43.8 Å². The number of nitrogens with zero attached hydrogens (tertiary/aromatic N) is 6. The zero-order valence-corrected chi connectivity index (χ0v) is 17.3. The van der Waals surface area contributed by atoms with Crippen LogP contribution in [0.1, 0.15) is 42.8 Å². The lowest BCUT2D eigenvalue weighted by Gasteiger charge is -2.29. The number of rotatable bonds is 6. The number of pyridine rings is 1. The van der Waals surface area contributed by atoms with E-state index >= 15 is 0 Å². The van der Waals surface area contributed by atoms with E-state index in [0.29, 0.717) is 36.8 Å². The molecule has 3 heterocycles. The number of hydrogen-bond acceptors (Lipinski definition) is 6. The largest absolute Gasteiger partial charge is 0.487 e. The molecule has 0 aromatic carbocycles. The molecule has 0 atom stereocenters. The second-order valence-electron chi connectivity index (χ2n) is 7.80. The Bertz CT molecular complexity index is 1020. The van der Waals surface area contributed by atoms with Crippen LogP contribution < -0.4 is 10.1 Å². The summed E-state index contributed by atoms with van der Waals surface area (Å²) in [5.41, 5.74) is 2.64. The molecule has 160 valence electrons. The lowest BCUT2D eigenvalue weighted by Crippen LogP contribution is -2.32. The van der Waals surface area contributed by atoms with Crippen LogP contribution in [-0.2, 0) is 13.7 Å². The van der Waals surface area contributed by atoms with Gasteiger partial charge in [-0.2, -0.15) is 5.10 Å². The molecule has 0 saturated heterocycles. The molecule has 0 radical (unpaired) electrons. The van der Waals surface area contributed by atoms with Gasteiger partial charge >= 0.3 is 0 Å². The van der Waals surface area contributed by atoms with Crippen molar-refractivity contribution in [3.05, 3.63) is 41.5 Å². The summed E-state index contributed by atoms with van der Waals surface area (Å²) in [5, 5.41) is 15.6. The summed E-state index contributed by atoms with van der Waals surface area (Å²) >= 11 is 0. The highest BCUT2D eigenvalue weighted by molar-refractivity contribution is 5.48. The van der Waals surface area contributed by atoms with Crippen molar-refractivity contribution in [2.45, 2.75) is 58.1 Å². The van der Waals surface area contributed by atoms with Crippen molar-refractivity contribution in [2.24, 2.45) is 7.05 Å². The average molecular weight is 417 g/mol. The Morgan fingerprint density at radius 3 is 2.60 bits per heavy atom. The number of nitrogens with one attached hydrogen (secondary N) is 1. The lowest BCUT2D eigenvalue weighted by atomic mass is 9.92. The van der Waals surface area contributed by atoms with E-state index in [-0.39, 0.29) is 18.9 Å². The van der Waals surface area contributed by atoms with Crippen LogP contribution in [0, 0.1) is 13.8 Å². The molecule has 1 aliphatic rings. The summed E-state index contributed by atoms with van der Waals surface area (Å²) in [7, 11) is 1.80. The molecule has 30 heavy (non-hydrogen) atoms. The Labute approximate surface area is 173 Å². The molecular formula is C20H25F2N7O. The lowest BCUT2D eigenvalue weighted by molar-refractivity contribution is -0.0361. The SMILES string of the molecule is Cc1cc(C)n(-c2cc(OCc3cnnn3C)cc(NC3CCC(F)(F)CC3)n2)n1. The first kappa shape index (κ1) is 20.2. The van der Waals surface area contributed by atoms with Crippen molar-refractivity contribution >= 4 is 5.82 Å². The predicted molar refractivity (Wildman–Crippen MR) is 107 cm³/mol. The normalized spacial score (nSPS) is 16.6. The number of halogens is 2. The van der Waals surface area contributed by atoms with E-state index in [1.165, 1.54) is 0 Å². The predicted octanol–water partition coefficient (Wildman–Crippen LogP) is 3.58. The van der Waals surface area contributed by atoms with E-state index in [0.717, 1.165) is 17.1 Å². The average Bonchev–Trinajstić information content (AvgIpc) is 3.26. The first-order valence-electron chi connectivity index (χ1n) is 9.95. The highest BCUT2D eigenvalue weighted by Gasteiger charge is 2.35. The molecule has 0 unspecified atom stereocenters. The summed E-state index contributed by atoms with van der Waals surface area (Å²) in [6.07, 6.45) is 2.22. The van der Waals surface area contributed by atoms with Crippen LogP contribution in [0.5, 0.6) is 5.75 Å². The van der Waals surface area contributed by atoms with Crippen molar-refractivity contribution in [1.29, 1.82) is 0 Å². The molecular weight excluding hydrogens is 392 g/mol. The third-order valence-electron chi connectivity index (χ3n) is 5.28. The fourth-order valence-electron chi connectivity index (χ4n) is 3.61. The van der Waals surface area contributed by atoms with Gasteiger partial charge in [0.25, 0.3) is 0 Å². The second-order valence-corrected chi connectivity index (χ2v) is 7.80. The Kier molecular flexibility index (Phi) is 5.40. The fourth-order valence-corrected chi connectivity index (χ4v) is 3.61. The summed E-state index contributed by atoms with van der Waals surface area (Å²) < 4.78 is 36.3. The monoisotopic (exact) mass is 417 g/mol. The zero-order valence-electron chi connectivity index (χ0n) is 17.3. The van der Waals surface area contributed by atoms with E-state index in [2.05, 4.69) is 25.7 Å². The molecule has 1 N–H and O–H groups in total. The molecule has 1 fully saturated rings. The topological polar surface area (TPSA) is 82.7 Å². The Hall–Kier alpha value is -3.04. The number of hydrogen-bond donors (Lipinski definition) is 1. The maximum absolute atomic E-state index is 13.5. The molecule has 0 bridgehead atoms. The molecule has 0 spiro atoms. The van der Waals surface area contributed by atoms with Gasteiger partial charge in [-0.25, -0.2) is 23.1 Å². The highest BCUT2D eigenvalue weighted by atomic mass is 19.3. The second kappa shape index (κ2) is 8.00. The van der Waals surface area contributed by atoms with Crippen molar-refractivity contribution < 1.29 is 13.5 Å². The van der Waals surface area contributed by atoms with Crippen molar-refractivity contribution in [3.8, 4) is 11.6 Å². The summed E-state index contributed by atoms with van der Waals surface area (Å²) in [4.78, 5) is 4.66. The van der Waals surface area contributed by atoms with Crippen molar-refractivity contribution in [2.75, 3.05) is 5.32 Å². The number of aromatic nitrogens is 6. The van der Waals surface area contributed by atoms with Crippen LogP contribution in [0.4, 0.5) is 14.6 Å². The number of anilines is 1. The van der Waals surface area contributed by atoms with Crippen LogP contribution in [-0.4, -0.2) is 41.7 Å². The van der Waals surface area contributed by atoms with Gasteiger partial charge in [0.2, 0.25) is 5.92 Å². The molecule has 0 amide bonds. The Morgan fingerprint density at radius 2 is 1.97 bits per heavy atom. The molecule has 1 aliphatic carbocycles. The molecule has 0 aliphatic heterocycles. The summed E-state index contributed by atoms with van der Waals surface area (Å²) in [6.45, 7) is 4.16. The first-order valence-corrected chi connectivity index (χ1v) is 9.95. The number of ether oxygens (including phenoxy) is 1. The van der Waals surface area contributed by atoms with Crippen LogP contribution >= 0.6 is 0 Å². The van der Waals surface area contributed by atoms with Gasteiger partial charge in [0.15, 0.2) is 5.82 Å². The first-order chi connectivity index (χ1) is 14.3. The van der Waals surface area contributed by atoms with E-state index in [1.807, 2.05) is 26.0 Å². The van der Waals surface area contributed by atoms with E-state index in [9.17, 15) is 8.78 Å². The minimum atomic E-state index is -2.57. The fraction of sp³-hybridized carbons (Fsp3) is 0.500. The molecule has 4 rings (SSSR count). The molecule has 3 aromatic heterocycles. The molecule has 1 saturated carbocycles. The third-order valence-corrected chi connectivity index (χ3v) is 5.28. The van der Waals surface area contributed by atoms with Crippen LogP contribution in [0.25, 0.3) is 5.82 Å². The van der Waals surface area contributed by atoms with Gasteiger partial charge in [-0.15, -0.1) is 5.10 Å². The highest BCUT2D eigenvalue weighted by Crippen LogP contribution is 2.34. The Balaban J connectivity index is 1.59. The zero-order chi connectivity index (χ0) is 21.3. The quantitative estimate of drug-likeness (QED) is 0.660. The van der Waals surface area contributed by atoms with E-state index in [4.69, 9.17) is 4.74 Å². The van der Waals surface area contributed by atoms with Crippen LogP contribution in [0.3, 0.4) is 0 Å².